The van der Waals surface area contributed by atoms with E-state index in [1.165, 1.54) is 48.5 Å². The Kier molecular flexibility index (Phi) is 9.35. The smallest absolute Gasteiger partial charge is 0.269 e. The van der Waals surface area contributed by atoms with Gasteiger partial charge in [0.1, 0.15) is 0 Å². The summed E-state index contributed by atoms with van der Waals surface area (Å²) in [4.78, 5) is 62.6. The van der Waals surface area contributed by atoms with Crippen molar-refractivity contribution < 1.29 is 19.7 Å². The molecule has 16 nitrogen and oxygen atoms in total. The van der Waals surface area contributed by atoms with Gasteiger partial charge in [-0.1, -0.05) is 60.7 Å². The molecule has 3 aliphatic heterocycles. The van der Waals surface area contributed by atoms with Crippen LogP contribution in [0.2, 0.25) is 0 Å². The zero-order chi connectivity index (χ0) is 41.7. The van der Waals surface area contributed by atoms with Crippen LogP contribution in [0.15, 0.2) is 156 Å². The van der Waals surface area contributed by atoms with E-state index >= 15 is 0 Å². The lowest BCUT2D eigenvalue weighted by atomic mass is 9.88. The van der Waals surface area contributed by atoms with Gasteiger partial charge in [0.25, 0.3) is 22.7 Å². The second kappa shape index (κ2) is 15.0. The molecule has 3 aliphatic rings. The van der Waals surface area contributed by atoms with Gasteiger partial charge in [-0.15, -0.1) is 0 Å². The van der Waals surface area contributed by atoms with E-state index in [0.29, 0.717) is 11.4 Å². The summed E-state index contributed by atoms with van der Waals surface area (Å²) in [5.41, 5.74) is 7.11. The number of hydrogen-bond donors (Lipinski definition) is 2. The SMILES string of the molecule is O=[N+]([O-])c1ccc(C2C3=NC(C=C3)C(c3ccc([N+](=O)[O-])cc3)c3ccc([nH]3)C(c3ccc([N+](=O)[O-])cc3)C3C=CC(=N3)C(c3ccc([N+](=O)[O-])cc3)c3ccc2[nH]3)cc1. The number of aromatic amines is 2. The highest BCUT2D eigenvalue weighted by molar-refractivity contribution is 6.05. The molecule has 296 valence electrons. The molecule has 16 heteroatoms. The van der Waals surface area contributed by atoms with Crippen LogP contribution in [0.3, 0.4) is 0 Å². The summed E-state index contributed by atoms with van der Waals surface area (Å²) in [5.74, 6) is -1.91. The molecule has 4 aromatic carbocycles. The molecule has 0 saturated heterocycles. The second-order valence-electron chi connectivity index (χ2n) is 14.8. The molecule has 6 atom stereocenters. The fraction of sp³-hybridized carbons (Fsp3) is 0.136. The molecule has 0 saturated carbocycles. The Morgan fingerprint density at radius 1 is 0.383 bits per heavy atom. The van der Waals surface area contributed by atoms with Crippen molar-refractivity contribution in [3.63, 3.8) is 0 Å². The van der Waals surface area contributed by atoms with E-state index in [0.717, 1.165) is 45.0 Å². The van der Waals surface area contributed by atoms with Crippen molar-refractivity contribution in [1.29, 1.82) is 0 Å². The Morgan fingerprint density at radius 3 is 0.983 bits per heavy atom. The molecule has 0 radical (unpaired) electrons. The number of aliphatic imine (C=N–C) groups is 2. The van der Waals surface area contributed by atoms with Crippen molar-refractivity contribution in [3.05, 3.63) is 231 Å². The van der Waals surface area contributed by atoms with Gasteiger partial charge in [0, 0.05) is 82.7 Å². The number of nitro groups is 4. The minimum Gasteiger partial charge on any atom is -0.361 e. The fourth-order valence-corrected chi connectivity index (χ4v) is 8.51. The molecular weight excluding hydrogens is 769 g/mol. The number of nitrogens with zero attached hydrogens (tertiary/aromatic N) is 6. The van der Waals surface area contributed by atoms with E-state index in [1.807, 2.05) is 48.6 Å². The van der Waals surface area contributed by atoms with Crippen molar-refractivity contribution in [2.75, 3.05) is 0 Å². The normalized spacial score (nSPS) is 21.6. The van der Waals surface area contributed by atoms with Crippen molar-refractivity contribution in [2.45, 2.75) is 35.8 Å². The van der Waals surface area contributed by atoms with E-state index in [-0.39, 0.29) is 22.7 Å². The third-order valence-corrected chi connectivity index (χ3v) is 11.4. The lowest BCUT2D eigenvalue weighted by molar-refractivity contribution is -0.385. The quantitative estimate of drug-likeness (QED) is 0.111. The molecule has 2 N–H and O–H groups in total. The molecule has 9 rings (SSSR count). The summed E-state index contributed by atoms with van der Waals surface area (Å²) < 4.78 is 0. The number of non-ortho nitro benzene ring substituents is 4. The van der Waals surface area contributed by atoms with Gasteiger partial charge < -0.3 is 9.97 Å². The Balaban J connectivity index is 1.25. The zero-order valence-electron chi connectivity index (χ0n) is 31.3. The van der Waals surface area contributed by atoms with Crippen LogP contribution in [0.1, 0.15) is 68.7 Å². The highest BCUT2D eigenvalue weighted by Crippen LogP contribution is 2.42. The van der Waals surface area contributed by atoms with Crippen molar-refractivity contribution >= 4 is 34.2 Å². The Labute approximate surface area is 340 Å². The van der Waals surface area contributed by atoms with Gasteiger partial charge in [-0.05, 0) is 58.7 Å². The van der Waals surface area contributed by atoms with Crippen LogP contribution in [0.5, 0.6) is 0 Å². The first-order valence-electron chi connectivity index (χ1n) is 18.9. The Hall–Kier alpha value is -8.14. The standard InChI is InChI=1S/C44H32N8O8/c53-49(54)29-9-1-25(2-10-29)41-33-17-19-35(45-33)42(26-3-11-30(12-4-26)50(55)56)37-21-23-39(47-37)44(28-7-15-32(16-8-28)52(59)60)40-24-22-38(48-40)43(36-20-18-34(41)46-36)27-5-13-31(14-6-27)51(57)58/h1-24,33,38,41-44,46-47H. The molecular formula is C44H32N8O8. The van der Waals surface area contributed by atoms with E-state index in [2.05, 4.69) is 9.97 Å². The van der Waals surface area contributed by atoms with Gasteiger partial charge in [0.15, 0.2) is 0 Å². The van der Waals surface area contributed by atoms with Crippen LogP contribution in [-0.4, -0.2) is 53.2 Å². The fourth-order valence-electron chi connectivity index (χ4n) is 8.51. The van der Waals surface area contributed by atoms with Gasteiger partial charge in [-0.25, -0.2) is 0 Å². The monoisotopic (exact) mass is 800 g/mol. The number of H-pyrrole nitrogens is 2. The highest BCUT2D eigenvalue weighted by Gasteiger charge is 2.36. The predicted molar refractivity (Wildman–Crippen MR) is 222 cm³/mol. The minimum absolute atomic E-state index is 0.0574. The maximum absolute atomic E-state index is 11.6. The van der Waals surface area contributed by atoms with E-state index in [1.54, 1.807) is 48.5 Å². The van der Waals surface area contributed by atoms with Gasteiger partial charge in [-0.3, -0.25) is 50.4 Å². The van der Waals surface area contributed by atoms with E-state index in [9.17, 15) is 40.5 Å². The van der Waals surface area contributed by atoms with Gasteiger partial charge in [-0.2, -0.15) is 0 Å². The van der Waals surface area contributed by atoms with Crippen molar-refractivity contribution in [3.8, 4) is 0 Å². The summed E-state index contributed by atoms with van der Waals surface area (Å²) in [6.07, 6.45) is 7.82. The van der Waals surface area contributed by atoms with Gasteiger partial charge in [0.2, 0.25) is 0 Å². The molecule has 2 aromatic heterocycles. The Morgan fingerprint density at radius 2 is 0.667 bits per heavy atom. The summed E-state index contributed by atoms with van der Waals surface area (Å²) in [6.45, 7) is 0. The average molecular weight is 801 g/mol. The molecule has 6 aromatic rings. The molecule has 5 heterocycles. The summed E-state index contributed by atoms with van der Waals surface area (Å²) >= 11 is 0. The third-order valence-electron chi connectivity index (χ3n) is 11.4. The highest BCUT2D eigenvalue weighted by atomic mass is 16.6. The first-order valence-corrected chi connectivity index (χ1v) is 18.9. The van der Waals surface area contributed by atoms with Crippen LogP contribution in [0.4, 0.5) is 22.7 Å². The van der Waals surface area contributed by atoms with E-state index < -0.39 is 55.4 Å². The number of fused-ring (bicyclic) bond motifs is 6. The maximum atomic E-state index is 11.6. The number of nitrogens with one attached hydrogen (secondary N) is 2. The minimum atomic E-state index is -0.511. The molecule has 60 heavy (non-hydrogen) atoms. The van der Waals surface area contributed by atoms with Gasteiger partial charge >= 0.3 is 0 Å². The lowest BCUT2D eigenvalue weighted by Gasteiger charge is -2.24. The number of hydrogen-bond acceptors (Lipinski definition) is 10. The lowest BCUT2D eigenvalue weighted by Crippen LogP contribution is -2.19. The number of rotatable bonds is 8. The summed E-state index contributed by atoms with van der Waals surface area (Å²) in [5, 5.41) is 46.6. The Bertz CT molecular complexity index is 2620. The maximum Gasteiger partial charge on any atom is 0.269 e. The van der Waals surface area contributed by atoms with E-state index in [4.69, 9.17) is 9.98 Å². The number of nitro benzene ring substituents is 4. The van der Waals surface area contributed by atoms with Gasteiger partial charge in [0.05, 0.1) is 55.4 Å². The number of allylic oxidation sites excluding steroid dienone is 2. The zero-order valence-corrected chi connectivity index (χ0v) is 31.3. The van der Waals surface area contributed by atoms with Crippen molar-refractivity contribution in [1.82, 2.24) is 9.97 Å². The molecule has 8 bridgehead atoms. The summed E-state index contributed by atoms with van der Waals surface area (Å²) in [6, 6.07) is 32.1. The molecule has 0 spiro atoms. The van der Waals surface area contributed by atoms with Crippen molar-refractivity contribution in [2.24, 2.45) is 9.98 Å². The molecule has 6 unspecified atom stereocenters. The number of benzene rings is 4. The average Bonchev–Trinajstić information content (AvgIpc) is 4.10. The van der Waals surface area contributed by atoms with Crippen LogP contribution >= 0.6 is 0 Å². The first-order chi connectivity index (χ1) is 29.0. The molecule has 0 fully saturated rings. The topological polar surface area (TPSA) is 229 Å². The van der Waals surface area contributed by atoms with Crippen LogP contribution in [0.25, 0.3) is 0 Å². The summed E-state index contributed by atoms with van der Waals surface area (Å²) in [7, 11) is 0. The second-order valence-corrected chi connectivity index (χ2v) is 14.8. The largest absolute Gasteiger partial charge is 0.361 e. The third kappa shape index (κ3) is 6.85. The first kappa shape index (κ1) is 37.4. The molecule has 0 aliphatic carbocycles. The predicted octanol–water partition coefficient (Wildman–Crippen LogP) is 8.98. The van der Waals surface area contributed by atoms with Crippen LogP contribution in [0, 0.1) is 40.5 Å². The molecule has 0 amide bonds. The number of aromatic nitrogens is 2. The van der Waals surface area contributed by atoms with Crippen LogP contribution < -0.4 is 0 Å². The van der Waals surface area contributed by atoms with Crippen LogP contribution in [-0.2, 0) is 0 Å².